The number of thioether (sulfide) groups is 1. The van der Waals surface area contributed by atoms with E-state index in [0.29, 0.717) is 10.7 Å². The van der Waals surface area contributed by atoms with E-state index in [0.717, 1.165) is 10.2 Å². The Morgan fingerprint density at radius 1 is 1.21 bits per heavy atom. The number of rotatable bonds is 3. The predicted molar refractivity (Wildman–Crippen MR) is 113 cm³/mol. The minimum atomic E-state index is -3.11. The largest absolute Gasteiger partial charge is 0.316 e. The van der Waals surface area contributed by atoms with Crippen molar-refractivity contribution in [2.45, 2.75) is 17.7 Å². The van der Waals surface area contributed by atoms with E-state index in [4.69, 9.17) is 0 Å². The maximum Gasteiger partial charge on any atom is 0.252 e. The summed E-state index contributed by atoms with van der Waals surface area (Å²) in [5.41, 5.74) is 1.47. The molecular weight excluding hydrogens is 467 g/mol. The van der Waals surface area contributed by atoms with E-state index in [1.807, 2.05) is 29.2 Å². The van der Waals surface area contributed by atoms with Crippen molar-refractivity contribution in [2.24, 2.45) is 4.99 Å². The summed E-state index contributed by atoms with van der Waals surface area (Å²) >= 11 is 4.77. The number of carbonyl (C=O) groups excluding carboxylic acids is 1. The van der Waals surface area contributed by atoms with Crippen molar-refractivity contribution in [1.82, 2.24) is 0 Å². The fraction of sp³-hybridized carbons (Fsp3) is 0.263. The van der Waals surface area contributed by atoms with Crippen LogP contribution in [0.15, 0.2) is 58.0 Å². The molecule has 2 aromatic carbocycles. The molecule has 9 heteroatoms. The lowest BCUT2D eigenvalue weighted by atomic mass is 10.1. The molecule has 2 aliphatic rings. The summed E-state index contributed by atoms with van der Waals surface area (Å²) in [6.45, 7) is 0. The zero-order valence-corrected chi connectivity index (χ0v) is 17.8. The first-order valence-corrected chi connectivity index (χ1v) is 12.1. The summed E-state index contributed by atoms with van der Waals surface area (Å²) in [6.07, 6.45) is 0.0598. The summed E-state index contributed by atoms with van der Waals surface area (Å²) in [4.78, 5) is 18.6. The Bertz CT molecular complexity index is 1060. The first-order valence-electron chi connectivity index (χ1n) is 8.58. The Hall–Kier alpha value is -1.71. The standard InChI is InChI=1S/C19H16BrFN2O3S2/c20-13-2-1-3-15(9-13)23-16-10-28(25,26)11-17(16)27-19(23)22-18(24)8-12-4-6-14(21)7-5-12/h1-7,9,16-17H,8,10-11H2/t16-,17+/m0/s1. The third-order valence-electron chi connectivity index (χ3n) is 4.64. The second-order valence-corrected chi connectivity index (χ2v) is 11.0. The molecule has 0 aromatic heterocycles. The van der Waals surface area contributed by atoms with Crippen LogP contribution in [0.2, 0.25) is 0 Å². The molecule has 0 N–H and O–H groups in total. The summed E-state index contributed by atoms with van der Waals surface area (Å²) in [6, 6.07) is 13.0. The van der Waals surface area contributed by atoms with Crippen LogP contribution in [0.4, 0.5) is 10.1 Å². The summed E-state index contributed by atoms with van der Waals surface area (Å²) < 4.78 is 38.1. The van der Waals surface area contributed by atoms with Crippen LogP contribution in [0, 0.1) is 5.82 Å². The molecule has 2 heterocycles. The number of halogens is 2. The molecule has 146 valence electrons. The molecule has 0 radical (unpaired) electrons. The van der Waals surface area contributed by atoms with Crippen LogP contribution in [0.5, 0.6) is 0 Å². The number of nitrogens with zero attached hydrogens (tertiary/aromatic N) is 2. The number of hydrogen-bond acceptors (Lipinski definition) is 4. The molecule has 2 aromatic rings. The van der Waals surface area contributed by atoms with Crippen LogP contribution in [0.1, 0.15) is 5.56 Å². The monoisotopic (exact) mass is 482 g/mol. The van der Waals surface area contributed by atoms with Gasteiger partial charge in [-0.25, -0.2) is 12.8 Å². The van der Waals surface area contributed by atoms with E-state index in [9.17, 15) is 17.6 Å². The van der Waals surface area contributed by atoms with Crippen LogP contribution in [0.3, 0.4) is 0 Å². The molecule has 0 saturated carbocycles. The van der Waals surface area contributed by atoms with Crippen molar-refractivity contribution in [1.29, 1.82) is 0 Å². The average Bonchev–Trinajstić information content (AvgIpc) is 3.07. The second kappa shape index (κ2) is 7.61. The van der Waals surface area contributed by atoms with Gasteiger partial charge in [0.15, 0.2) is 15.0 Å². The predicted octanol–water partition coefficient (Wildman–Crippen LogP) is 3.43. The van der Waals surface area contributed by atoms with Gasteiger partial charge in [-0.2, -0.15) is 4.99 Å². The molecule has 1 amide bonds. The first kappa shape index (κ1) is 19.6. The number of sulfone groups is 1. The number of amides is 1. The third kappa shape index (κ3) is 4.16. The average molecular weight is 483 g/mol. The number of benzene rings is 2. The van der Waals surface area contributed by atoms with Crippen molar-refractivity contribution in [2.75, 3.05) is 16.4 Å². The lowest BCUT2D eigenvalue weighted by molar-refractivity contribution is -0.117. The maximum atomic E-state index is 13.0. The van der Waals surface area contributed by atoms with Crippen LogP contribution < -0.4 is 4.90 Å². The van der Waals surface area contributed by atoms with Gasteiger partial charge in [0.25, 0.3) is 5.91 Å². The van der Waals surface area contributed by atoms with Gasteiger partial charge >= 0.3 is 0 Å². The molecule has 0 bridgehead atoms. The fourth-order valence-corrected chi connectivity index (χ4v) is 7.73. The molecule has 0 aliphatic carbocycles. The molecule has 2 fully saturated rings. The van der Waals surface area contributed by atoms with Crippen LogP contribution >= 0.6 is 27.7 Å². The fourth-order valence-electron chi connectivity index (χ4n) is 3.42. The molecule has 4 rings (SSSR count). The number of carbonyl (C=O) groups is 1. The highest BCUT2D eigenvalue weighted by Crippen LogP contribution is 2.41. The van der Waals surface area contributed by atoms with Crippen molar-refractivity contribution in [3.63, 3.8) is 0 Å². The Labute approximate surface area is 175 Å². The van der Waals surface area contributed by atoms with Crippen molar-refractivity contribution in [3.8, 4) is 0 Å². The Morgan fingerprint density at radius 2 is 1.96 bits per heavy atom. The molecule has 5 nitrogen and oxygen atoms in total. The Morgan fingerprint density at radius 3 is 2.68 bits per heavy atom. The van der Waals surface area contributed by atoms with E-state index >= 15 is 0 Å². The molecule has 2 atom stereocenters. The zero-order chi connectivity index (χ0) is 19.9. The van der Waals surface area contributed by atoms with Crippen LogP contribution in [0.25, 0.3) is 0 Å². The Balaban J connectivity index is 1.63. The second-order valence-electron chi connectivity index (χ2n) is 6.74. The number of anilines is 1. The van der Waals surface area contributed by atoms with Crippen molar-refractivity contribution >= 4 is 54.3 Å². The van der Waals surface area contributed by atoms with Gasteiger partial charge in [-0.3, -0.25) is 4.79 Å². The van der Waals surface area contributed by atoms with Gasteiger partial charge in [-0.1, -0.05) is 45.9 Å². The zero-order valence-electron chi connectivity index (χ0n) is 14.6. The smallest absolute Gasteiger partial charge is 0.252 e. The van der Waals surface area contributed by atoms with Gasteiger partial charge in [0.1, 0.15) is 5.82 Å². The van der Waals surface area contributed by atoms with Gasteiger partial charge < -0.3 is 4.90 Å². The summed E-state index contributed by atoms with van der Waals surface area (Å²) in [7, 11) is -3.11. The van der Waals surface area contributed by atoms with E-state index in [1.165, 1.54) is 23.9 Å². The highest BCUT2D eigenvalue weighted by atomic mass is 79.9. The first-order chi connectivity index (χ1) is 13.3. The topological polar surface area (TPSA) is 66.8 Å². The van der Waals surface area contributed by atoms with Crippen molar-refractivity contribution < 1.29 is 17.6 Å². The minimum absolute atomic E-state index is 0.0440. The van der Waals surface area contributed by atoms with Gasteiger partial charge in [-0.05, 0) is 35.9 Å². The van der Waals surface area contributed by atoms with E-state index in [-0.39, 0.29) is 40.9 Å². The van der Waals surface area contributed by atoms with Crippen molar-refractivity contribution in [3.05, 3.63) is 64.4 Å². The lowest BCUT2D eigenvalue weighted by Gasteiger charge is -2.24. The Kier molecular flexibility index (Phi) is 5.32. The van der Waals surface area contributed by atoms with Gasteiger partial charge in [0, 0.05) is 15.4 Å². The van der Waals surface area contributed by atoms with Gasteiger partial charge in [-0.15, -0.1) is 0 Å². The summed E-state index contributed by atoms with van der Waals surface area (Å²) in [5.74, 6) is -0.582. The number of hydrogen-bond donors (Lipinski definition) is 0. The highest BCUT2D eigenvalue weighted by molar-refractivity contribution is 9.10. The number of amidine groups is 1. The SMILES string of the molecule is O=C(Cc1ccc(F)cc1)N=C1S[C@@H]2CS(=O)(=O)C[C@@H]2N1c1cccc(Br)c1. The molecular formula is C19H16BrFN2O3S2. The van der Waals surface area contributed by atoms with E-state index < -0.39 is 9.84 Å². The van der Waals surface area contributed by atoms with E-state index in [1.54, 1.807) is 12.1 Å². The maximum absolute atomic E-state index is 13.0. The number of fused-ring (bicyclic) bond motifs is 1. The van der Waals surface area contributed by atoms with E-state index in [2.05, 4.69) is 20.9 Å². The third-order valence-corrected chi connectivity index (χ3v) is 8.34. The molecule has 0 unspecified atom stereocenters. The van der Waals surface area contributed by atoms with Gasteiger partial charge in [0.2, 0.25) is 0 Å². The van der Waals surface area contributed by atoms with Gasteiger partial charge in [0.05, 0.1) is 24.0 Å². The highest BCUT2D eigenvalue weighted by Gasteiger charge is 2.49. The minimum Gasteiger partial charge on any atom is -0.316 e. The van der Waals surface area contributed by atoms with Crippen LogP contribution in [-0.4, -0.2) is 42.3 Å². The molecule has 2 aliphatic heterocycles. The molecule has 2 saturated heterocycles. The normalized spacial score (nSPS) is 24.5. The van der Waals surface area contributed by atoms with Crippen LogP contribution in [-0.2, 0) is 21.1 Å². The molecule has 28 heavy (non-hydrogen) atoms. The number of aliphatic imine (C=N–C) groups is 1. The lowest BCUT2D eigenvalue weighted by Crippen LogP contribution is -2.37. The quantitative estimate of drug-likeness (QED) is 0.670. The summed E-state index contributed by atoms with van der Waals surface area (Å²) in [5, 5.41) is 0.358. The molecule has 0 spiro atoms.